The van der Waals surface area contributed by atoms with Crippen LogP contribution < -0.4 is 5.32 Å². The minimum Gasteiger partial charge on any atom is -0.421 e. The van der Waals surface area contributed by atoms with Crippen molar-refractivity contribution in [2.45, 2.75) is 33.7 Å². The van der Waals surface area contributed by atoms with Gasteiger partial charge in [-0.05, 0) is 48.2 Å². The first kappa shape index (κ1) is 19.6. The Morgan fingerprint density at radius 3 is 2.40 bits per heavy atom. The van der Waals surface area contributed by atoms with Crippen molar-refractivity contribution in [2.75, 3.05) is 0 Å². The Hall–Kier alpha value is -3.74. The lowest BCUT2D eigenvalue weighted by atomic mass is 9.96. The van der Waals surface area contributed by atoms with E-state index in [0.717, 1.165) is 33.6 Å². The topological polar surface area (TPSA) is 94.1 Å². The van der Waals surface area contributed by atoms with E-state index in [0.29, 0.717) is 30.4 Å². The zero-order valence-electron chi connectivity index (χ0n) is 17.1. The van der Waals surface area contributed by atoms with E-state index >= 15 is 0 Å². The first-order chi connectivity index (χ1) is 14.5. The Kier molecular flexibility index (Phi) is 5.43. The van der Waals surface area contributed by atoms with Crippen LogP contribution in [0.1, 0.15) is 28.5 Å². The molecule has 0 unspecified atom stereocenters. The van der Waals surface area contributed by atoms with Crippen molar-refractivity contribution in [3.8, 4) is 22.6 Å². The maximum atomic E-state index is 12.2. The summed E-state index contributed by atoms with van der Waals surface area (Å²) in [7, 11) is 0. The van der Waals surface area contributed by atoms with Crippen molar-refractivity contribution in [3.63, 3.8) is 0 Å². The lowest BCUT2D eigenvalue weighted by molar-refractivity contribution is -0.120. The molecule has 7 nitrogen and oxygen atoms in total. The largest absolute Gasteiger partial charge is 0.421 e. The van der Waals surface area contributed by atoms with E-state index in [1.165, 1.54) is 0 Å². The van der Waals surface area contributed by atoms with Crippen LogP contribution in [0.25, 0.3) is 22.6 Å². The fourth-order valence-corrected chi connectivity index (χ4v) is 3.22. The number of benzene rings is 2. The number of hydrogen-bond donors (Lipinski definition) is 1. The fraction of sp³-hybridized carbons (Fsp3) is 0.217. The van der Waals surface area contributed by atoms with Crippen LogP contribution in [-0.4, -0.2) is 21.3 Å². The van der Waals surface area contributed by atoms with Gasteiger partial charge in [-0.15, -0.1) is 10.2 Å². The van der Waals surface area contributed by atoms with E-state index in [4.69, 9.17) is 8.94 Å². The molecule has 7 heteroatoms. The summed E-state index contributed by atoms with van der Waals surface area (Å²) in [5.74, 6) is 1.70. The molecule has 0 radical (unpaired) electrons. The highest BCUT2D eigenvalue weighted by molar-refractivity contribution is 5.79. The van der Waals surface area contributed by atoms with Gasteiger partial charge in [0.05, 0.1) is 13.0 Å². The quantitative estimate of drug-likeness (QED) is 0.520. The molecule has 0 aliphatic rings. The number of nitrogens with one attached hydrogen (secondary N) is 1. The van der Waals surface area contributed by atoms with Crippen LogP contribution in [-0.2, 0) is 17.8 Å². The predicted octanol–water partition coefficient (Wildman–Crippen LogP) is 4.18. The molecule has 2 aromatic carbocycles. The molecule has 152 valence electrons. The van der Waals surface area contributed by atoms with E-state index < -0.39 is 0 Å². The number of hydrogen-bond acceptors (Lipinski definition) is 6. The average molecular weight is 402 g/mol. The van der Waals surface area contributed by atoms with Gasteiger partial charge in [-0.1, -0.05) is 35.5 Å². The molecular formula is C23H22N4O3. The third kappa shape index (κ3) is 4.46. The van der Waals surface area contributed by atoms with Crippen LogP contribution in [0.5, 0.6) is 0 Å². The minimum absolute atomic E-state index is 0.0617. The van der Waals surface area contributed by atoms with Crippen LogP contribution in [0.3, 0.4) is 0 Å². The predicted molar refractivity (Wildman–Crippen MR) is 111 cm³/mol. The summed E-state index contributed by atoms with van der Waals surface area (Å²) in [6.45, 7) is 6.01. The normalized spacial score (nSPS) is 10.9. The van der Waals surface area contributed by atoms with Gasteiger partial charge in [0.2, 0.25) is 17.7 Å². The van der Waals surface area contributed by atoms with Crippen molar-refractivity contribution in [2.24, 2.45) is 0 Å². The molecule has 2 aromatic heterocycles. The molecule has 30 heavy (non-hydrogen) atoms. The van der Waals surface area contributed by atoms with Gasteiger partial charge in [-0.25, -0.2) is 0 Å². The molecule has 0 aliphatic carbocycles. The number of carbonyl (C=O) groups is 1. The van der Waals surface area contributed by atoms with Gasteiger partial charge in [0.15, 0.2) is 0 Å². The minimum atomic E-state index is -0.0617. The van der Waals surface area contributed by atoms with Crippen LogP contribution in [0.2, 0.25) is 0 Å². The summed E-state index contributed by atoms with van der Waals surface area (Å²) < 4.78 is 10.5. The summed E-state index contributed by atoms with van der Waals surface area (Å²) in [6, 6.07) is 15.9. The number of aromatic nitrogens is 3. The highest BCUT2D eigenvalue weighted by Gasteiger charge is 2.11. The standard InChI is InChI=1S/C23H22N4O3/c1-14-4-7-19(23-26-25-16(3)29-23)12-21(14)18-8-5-17(6-9-18)11-22(28)24-13-20-10-15(2)30-27-20/h4-10,12H,11,13H2,1-3H3,(H,24,28). The molecule has 0 fully saturated rings. The summed E-state index contributed by atoms with van der Waals surface area (Å²) in [5, 5.41) is 14.7. The van der Waals surface area contributed by atoms with Gasteiger partial charge >= 0.3 is 0 Å². The van der Waals surface area contributed by atoms with Gasteiger partial charge in [0.25, 0.3) is 0 Å². The summed E-state index contributed by atoms with van der Waals surface area (Å²) in [4.78, 5) is 12.2. The second-order valence-corrected chi connectivity index (χ2v) is 7.24. The van der Waals surface area contributed by atoms with Crippen LogP contribution >= 0.6 is 0 Å². The molecule has 4 aromatic rings. The van der Waals surface area contributed by atoms with Crippen molar-refractivity contribution in [1.29, 1.82) is 0 Å². The molecule has 0 atom stereocenters. The number of rotatable bonds is 6. The Balaban J connectivity index is 1.45. The number of carbonyl (C=O) groups excluding carboxylic acids is 1. The molecule has 0 saturated carbocycles. The smallest absolute Gasteiger partial charge is 0.247 e. The summed E-state index contributed by atoms with van der Waals surface area (Å²) in [6.07, 6.45) is 0.303. The van der Waals surface area contributed by atoms with Gasteiger partial charge in [-0.3, -0.25) is 4.79 Å². The van der Waals surface area contributed by atoms with Crippen LogP contribution in [0, 0.1) is 20.8 Å². The maximum absolute atomic E-state index is 12.2. The number of amides is 1. The fourth-order valence-electron chi connectivity index (χ4n) is 3.22. The zero-order valence-corrected chi connectivity index (χ0v) is 17.1. The number of nitrogens with zero attached hydrogens (tertiary/aromatic N) is 3. The molecule has 0 bridgehead atoms. The number of aryl methyl sites for hydroxylation is 3. The van der Waals surface area contributed by atoms with E-state index in [1.54, 1.807) is 13.0 Å². The third-order valence-electron chi connectivity index (χ3n) is 4.78. The monoisotopic (exact) mass is 402 g/mol. The second kappa shape index (κ2) is 8.32. The lowest BCUT2D eigenvalue weighted by Gasteiger charge is -2.09. The highest BCUT2D eigenvalue weighted by Crippen LogP contribution is 2.29. The zero-order chi connectivity index (χ0) is 21.1. The molecular weight excluding hydrogens is 380 g/mol. The van der Waals surface area contributed by atoms with Crippen molar-refractivity contribution in [1.82, 2.24) is 20.7 Å². The SMILES string of the molecule is Cc1cc(CNC(=O)Cc2ccc(-c3cc(-c4nnc(C)o4)ccc3C)cc2)no1. The van der Waals surface area contributed by atoms with Gasteiger partial charge in [0.1, 0.15) is 11.5 Å². The van der Waals surface area contributed by atoms with Crippen molar-refractivity contribution < 1.29 is 13.7 Å². The van der Waals surface area contributed by atoms with Crippen molar-refractivity contribution >= 4 is 5.91 Å². The molecule has 1 N–H and O–H groups in total. The van der Waals surface area contributed by atoms with Crippen LogP contribution in [0.4, 0.5) is 0 Å². The van der Waals surface area contributed by atoms with Gasteiger partial charge in [-0.2, -0.15) is 0 Å². The Morgan fingerprint density at radius 1 is 0.967 bits per heavy atom. The first-order valence-electron chi connectivity index (χ1n) is 9.67. The maximum Gasteiger partial charge on any atom is 0.247 e. The Bertz CT molecular complexity index is 1180. The molecule has 0 spiro atoms. The van der Waals surface area contributed by atoms with Crippen LogP contribution in [0.15, 0.2) is 57.5 Å². The van der Waals surface area contributed by atoms with E-state index in [9.17, 15) is 4.79 Å². The summed E-state index contributed by atoms with van der Waals surface area (Å²) in [5.41, 5.74) is 5.82. The van der Waals surface area contributed by atoms with Crippen molar-refractivity contribution in [3.05, 3.63) is 77.0 Å². The van der Waals surface area contributed by atoms with E-state index in [-0.39, 0.29) is 5.91 Å². The van der Waals surface area contributed by atoms with Gasteiger partial charge < -0.3 is 14.3 Å². The first-order valence-corrected chi connectivity index (χ1v) is 9.67. The molecule has 0 saturated heterocycles. The molecule has 4 rings (SSSR count). The van der Waals surface area contributed by atoms with Gasteiger partial charge in [0, 0.05) is 18.6 Å². The third-order valence-corrected chi connectivity index (χ3v) is 4.78. The Morgan fingerprint density at radius 2 is 1.73 bits per heavy atom. The molecule has 1 amide bonds. The Labute approximate surface area is 174 Å². The summed E-state index contributed by atoms with van der Waals surface area (Å²) >= 11 is 0. The molecule has 0 aliphatic heterocycles. The average Bonchev–Trinajstić information content (AvgIpc) is 3.36. The van der Waals surface area contributed by atoms with E-state index in [1.807, 2.05) is 49.4 Å². The molecule has 2 heterocycles. The van der Waals surface area contributed by atoms with E-state index in [2.05, 4.69) is 27.6 Å². The highest BCUT2D eigenvalue weighted by atomic mass is 16.5. The second-order valence-electron chi connectivity index (χ2n) is 7.24. The lowest BCUT2D eigenvalue weighted by Crippen LogP contribution is -2.24.